The highest BCUT2D eigenvalue weighted by Crippen LogP contribution is 2.31. The standard InChI is InChI=1S/C24H29N3O3S/c1-17-7-9-18(10-8-17)23-25-22(26-30-23)19-6-5-15-27(16-19)31(28,29)21-13-11-20(12-14-21)24(2,3)4/h7-14,19H,5-6,15-16H2,1-4H3/t19-/m0/s1. The second kappa shape index (κ2) is 8.20. The van der Waals surface area contributed by atoms with Crippen LogP contribution in [0.2, 0.25) is 0 Å². The van der Waals surface area contributed by atoms with E-state index in [-0.39, 0.29) is 11.3 Å². The largest absolute Gasteiger partial charge is 0.334 e. The van der Waals surface area contributed by atoms with Crippen LogP contribution < -0.4 is 0 Å². The van der Waals surface area contributed by atoms with Crippen molar-refractivity contribution < 1.29 is 12.9 Å². The molecular formula is C24H29N3O3S. The second-order valence-corrected chi connectivity index (χ2v) is 11.2. The summed E-state index contributed by atoms with van der Waals surface area (Å²) in [4.78, 5) is 4.89. The van der Waals surface area contributed by atoms with Gasteiger partial charge in [-0.3, -0.25) is 0 Å². The SMILES string of the molecule is Cc1ccc(-c2nc([C@H]3CCCN(S(=O)(=O)c4ccc(C(C)(C)C)cc4)C3)no2)cc1. The topological polar surface area (TPSA) is 76.3 Å². The van der Waals surface area contributed by atoms with Crippen LogP contribution in [0.25, 0.3) is 11.5 Å². The molecule has 1 atom stereocenters. The Labute approximate surface area is 184 Å². The zero-order chi connectivity index (χ0) is 22.2. The van der Waals surface area contributed by atoms with Crippen molar-refractivity contribution in [3.05, 3.63) is 65.5 Å². The third-order valence-electron chi connectivity index (χ3n) is 5.85. The van der Waals surface area contributed by atoms with E-state index in [0.29, 0.717) is 29.7 Å². The molecule has 2 aromatic carbocycles. The van der Waals surface area contributed by atoms with Gasteiger partial charge in [-0.05, 0) is 55.0 Å². The molecular weight excluding hydrogens is 410 g/mol. The van der Waals surface area contributed by atoms with E-state index in [0.717, 1.165) is 29.5 Å². The van der Waals surface area contributed by atoms with Gasteiger partial charge in [0, 0.05) is 24.6 Å². The number of piperidine rings is 1. The van der Waals surface area contributed by atoms with E-state index in [1.807, 2.05) is 43.3 Å². The predicted octanol–water partition coefficient (Wildman–Crippen LogP) is 4.91. The lowest BCUT2D eigenvalue weighted by Crippen LogP contribution is -2.39. The minimum absolute atomic E-state index is 0.0215. The van der Waals surface area contributed by atoms with Gasteiger partial charge in [0.05, 0.1) is 4.90 Å². The maximum atomic E-state index is 13.2. The molecule has 4 rings (SSSR count). The minimum Gasteiger partial charge on any atom is -0.334 e. The fraction of sp³-hybridized carbons (Fsp3) is 0.417. The van der Waals surface area contributed by atoms with E-state index >= 15 is 0 Å². The van der Waals surface area contributed by atoms with Gasteiger partial charge < -0.3 is 4.52 Å². The molecule has 0 spiro atoms. The molecule has 0 saturated carbocycles. The summed E-state index contributed by atoms with van der Waals surface area (Å²) in [6, 6.07) is 15.1. The average molecular weight is 440 g/mol. The van der Waals surface area contributed by atoms with Crippen molar-refractivity contribution in [3.8, 4) is 11.5 Å². The van der Waals surface area contributed by atoms with Gasteiger partial charge in [-0.25, -0.2) is 8.42 Å². The van der Waals surface area contributed by atoms with Gasteiger partial charge in [-0.1, -0.05) is 55.8 Å². The molecule has 7 heteroatoms. The fourth-order valence-electron chi connectivity index (χ4n) is 3.86. The predicted molar refractivity (Wildman–Crippen MR) is 120 cm³/mol. The number of sulfonamides is 1. The normalized spacial score (nSPS) is 18.3. The van der Waals surface area contributed by atoms with Gasteiger partial charge in [0.2, 0.25) is 10.0 Å². The molecule has 31 heavy (non-hydrogen) atoms. The van der Waals surface area contributed by atoms with Crippen molar-refractivity contribution in [1.29, 1.82) is 0 Å². The Hall–Kier alpha value is -2.51. The van der Waals surface area contributed by atoms with Gasteiger partial charge in [-0.15, -0.1) is 0 Å². The molecule has 1 aromatic heterocycles. The lowest BCUT2D eigenvalue weighted by Gasteiger charge is -2.30. The molecule has 1 aliphatic heterocycles. The monoisotopic (exact) mass is 439 g/mol. The van der Waals surface area contributed by atoms with E-state index < -0.39 is 10.0 Å². The molecule has 164 valence electrons. The molecule has 0 unspecified atom stereocenters. The smallest absolute Gasteiger partial charge is 0.257 e. The number of nitrogens with zero attached hydrogens (tertiary/aromatic N) is 3. The molecule has 3 aromatic rings. The van der Waals surface area contributed by atoms with Crippen molar-refractivity contribution in [2.45, 2.75) is 56.8 Å². The lowest BCUT2D eigenvalue weighted by molar-refractivity contribution is 0.302. The third kappa shape index (κ3) is 4.57. The maximum Gasteiger partial charge on any atom is 0.257 e. The first kappa shape index (κ1) is 21.7. The van der Waals surface area contributed by atoms with Crippen LogP contribution in [0.1, 0.15) is 56.5 Å². The minimum atomic E-state index is -3.57. The highest BCUT2D eigenvalue weighted by molar-refractivity contribution is 7.89. The van der Waals surface area contributed by atoms with Gasteiger partial charge in [0.15, 0.2) is 5.82 Å². The number of hydrogen-bond acceptors (Lipinski definition) is 5. The fourth-order valence-corrected chi connectivity index (χ4v) is 5.39. The van der Waals surface area contributed by atoms with Gasteiger partial charge in [0.25, 0.3) is 5.89 Å². The Bertz CT molecular complexity index is 1140. The third-order valence-corrected chi connectivity index (χ3v) is 7.73. The van der Waals surface area contributed by atoms with Crippen LogP contribution in [0, 0.1) is 6.92 Å². The molecule has 2 heterocycles. The molecule has 1 fully saturated rings. The van der Waals surface area contributed by atoms with Crippen molar-refractivity contribution in [3.63, 3.8) is 0 Å². The summed E-state index contributed by atoms with van der Waals surface area (Å²) < 4.78 is 33.5. The summed E-state index contributed by atoms with van der Waals surface area (Å²) in [5, 5.41) is 4.16. The van der Waals surface area contributed by atoms with Crippen LogP contribution in [-0.4, -0.2) is 36.0 Å². The summed E-state index contributed by atoms with van der Waals surface area (Å²) in [5.41, 5.74) is 3.11. The van der Waals surface area contributed by atoms with E-state index in [4.69, 9.17) is 4.52 Å². The van der Waals surface area contributed by atoms with E-state index in [1.54, 1.807) is 16.4 Å². The van der Waals surface area contributed by atoms with Crippen LogP contribution >= 0.6 is 0 Å². The van der Waals surface area contributed by atoms with E-state index in [1.165, 1.54) is 0 Å². The quantitative estimate of drug-likeness (QED) is 0.577. The molecule has 0 amide bonds. The summed E-state index contributed by atoms with van der Waals surface area (Å²) in [5.74, 6) is 0.951. The zero-order valence-corrected chi connectivity index (χ0v) is 19.3. The Morgan fingerprint density at radius 2 is 1.71 bits per heavy atom. The molecule has 0 aliphatic carbocycles. The molecule has 0 radical (unpaired) electrons. The summed E-state index contributed by atoms with van der Waals surface area (Å²) in [7, 11) is -3.57. The molecule has 0 bridgehead atoms. The van der Waals surface area contributed by atoms with Crippen molar-refractivity contribution in [2.24, 2.45) is 0 Å². The van der Waals surface area contributed by atoms with Crippen LogP contribution in [0.3, 0.4) is 0 Å². The number of aromatic nitrogens is 2. The van der Waals surface area contributed by atoms with Crippen LogP contribution in [0.15, 0.2) is 57.9 Å². The summed E-state index contributed by atoms with van der Waals surface area (Å²) in [6.07, 6.45) is 1.60. The Balaban J connectivity index is 1.52. The van der Waals surface area contributed by atoms with Crippen LogP contribution in [0.4, 0.5) is 0 Å². The second-order valence-electron chi connectivity index (χ2n) is 9.30. The van der Waals surface area contributed by atoms with E-state index in [2.05, 4.69) is 30.9 Å². The van der Waals surface area contributed by atoms with Crippen molar-refractivity contribution in [2.75, 3.05) is 13.1 Å². The van der Waals surface area contributed by atoms with Gasteiger partial charge >= 0.3 is 0 Å². The zero-order valence-electron chi connectivity index (χ0n) is 18.5. The first-order valence-corrected chi connectivity index (χ1v) is 12.1. The number of rotatable bonds is 4. The number of hydrogen-bond donors (Lipinski definition) is 0. The highest BCUT2D eigenvalue weighted by atomic mass is 32.2. The maximum absolute atomic E-state index is 13.2. The molecule has 1 saturated heterocycles. The average Bonchev–Trinajstić information content (AvgIpc) is 3.24. The molecule has 6 nitrogen and oxygen atoms in total. The van der Waals surface area contributed by atoms with Crippen molar-refractivity contribution in [1.82, 2.24) is 14.4 Å². The Kier molecular flexibility index (Phi) is 5.75. The Morgan fingerprint density at radius 3 is 2.35 bits per heavy atom. The first-order valence-electron chi connectivity index (χ1n) is 10.7. The molecule has 1 aliphatic rings. The van der Waals surface area contributed by atoms with E-state index in [9.17, 15) is 8.42 Å². The summed E-state index contributed by atoms with van der Waals surface area (Å²) in [6.45, 7) is 9.22. The number of aryl methyl sites for hydroxylation is 1. The number of benzene rings is 2. The Morgan fingerprint density at radius 1 is 1.03 bits per heavy atom. The van der Waals surface area contributed by atoms with Crippen LogP contribution in [0.5, 0.6) is 0 Å². The lowest BCUT2D eigenvalue weighted by atomic mass is 9.87. The summed E-state index contributed by atoms with van der Waals surface area (Å²) >= 11 is 0. The van der Waals surface area contributed by atoms with Crippen LogP contribution in [-0.2, 0) is 15.4 Å². The highest BCUT2D eigenvalue weighted by Gasteiger charge is 2.33. The molecule has 0 N–H and O–H groups in total. The first-order chi connectivity index (χ1) is 14.6. The van der Waals surface area contributed by atoms with Gasteiger partial charge in [0.1, 0.15) is 0 Å². The van der Waals surface area contributed by atoms with Gasteiger partial charge in [-0.2, -0.15) is 9.29 Å². The van der Waals surface area contributed by atoms with Crippen molar-refractivity contribution >= 4 is 10.0 Å².